The van der Waals surface area contributed by atoms with E-state index >= 15 is 0 Å². The Balaban J connectivity index is 0.000000235. The number of hydrogen-bond acceptors (Lipinski definition) is 6. The molecule has 0 radical (unpaired) electrons. The number of aryl methyl sites for hydroxylation is 2. The van der Waals surface area contributed by atoms with Crippen LogP contribution in [0, 0.1) is 6.92 Å². The molecule has 0 atom stereocenters. The second-order valence-corrected chi connectivity index (χ2v) is 4.32. The van der Waals surface area contributed by atoms with Crippen molar-refractivity contribution in [3.05, 3.63) is 42.5 Å². The molecule has 2 rings (SSSR count). The van der Waals surface area contributed by atoms with Crippen molar-refractivity contribution in [3.8, 4) is 0 Å². The molecule has 1 heterocycles. The van der Waals surface area contributed by atoms with Gasteiger partial charge in [-0.25, -0.2) is 14.6 Å². The lowest BCUT2D eigenvalue weighted by atomic mass is 10.2. The minimum atomic E-state index is 0.426. The maximum atomic E-state index is 10.00. The zero-order valence-corrected chi connectivity index (χ0v) is 12.3. The van der Waals surface area contributed by atoms with Gasteiger partial charge in [0.15, 0.2) is 0 Å². The SMILES string of the molecule is Cc1ccc(N=C=O)cc1N=C=O.NCCCn1ccnc1. The normalized spacial score (nSPS) is 9.00. The first-order chi connectivity index (χ1) is 10.7. The van der Waals surface area contributed by atoms with Crippen molar-refractivity contribution >= 4 is 23.5 Å². The molecule has 0 amide bonds. The monoisotopic (exact) mass is 299 g/mol. The van der Waals surface area contributed by atoms with Gasteiger partial charge in [0, 0.05) is 18.9 Å². The molecule has 0 spiro atoms. The van der Waals surface area contributed by atoms with Crippen LogP contribution in [0.15, 0.2) is 46.9 Å². The van der Waals surface area contributed by atoms with Crippen LogP contribution in [0.5, 0.6) is 0 Å². The molecule has 1 aromatic carbocycles. The number of benzene rings is 1. The number of rotatable bonds is 5. The molecule has 0 saturated heterocycles. The molecule has 2 N–H and O–H groups in total. The lowest BCUT2D eigenvalue weighted by molar-refractivity contribution is 0.565. The van der Waals surface area contributed by atoms with Crippen molar-refractivity contribution in [1.82, 2.24) is 9.55 Å². The minimum Gasteiger partial charge on any atom is -0.337 e. The van der Waals surface area contributed by atoms with E-state index in [1.165, 1.54) is 18.2 Å². The lowest BCUT2D eigenvalue weighted by Gasteiger charge is -1.97. The van der Waals surface area contributed by atoms with E-state index in [9.17, 15) is 9.59 Å². The molecule has 0 fully saturated rings. The van der Waals surface area contributed by atoms with Crippen LogP contribution in [0.4, 0.5) is 11.4 Å². The number of hydrogen-bond donors (Lipinski definition) is 1. The Kier molecular flexibility index (Phi) is 7.79. The van der Waals surface area contributed by atoms with Gasteiger partial charge in [-0.05, 0) is 37.6 Å². The summed E-state index contributed by atoms with van der Waals surface area (Å²) in [4.78, 5) is 30.7. The van der Waals surface area contributed by atoms with E-state index in [0.717, 1.165) is 25.1 Å². The van der Waals surface area contributed by atoms with Gasteiger partial charge in [0.25, 0.3) is 0 Å². The van der Waals surface area contributed by atoms with Crippen LogP contribution >= 0.6 is 0 Å². The van der Waals surface area contributed by atoms with Crippen LogP contribution in [0.1, 0.15) is 12.0 Å². The predicted molar refractivity (Wildman–Crippen MR) is 82.6 cm³/mol. The van der Waals surface area contributed by atoms with Gasteiger partial charge in [-0.1, -0.05) is 6.07 Å². The molecule has 22 heavy (non-hydrogen) atoms. The second kappa shape index (κ2) is 9.96. The van der Waals surface area contributed by atoms with Crippen molar-refractivity contribution in [2.45, 2.75) is 19.9 Å². The number of aliphatic imine (C=N–C) groups is 2. The number of aromatic nitrogens is 2. The largest absolute Gasteiger partial charge is 0.337 e. The predicted octanol–water partition coefficient (Wildman–Crippen LogP) is 2.16. The zero-order chi connectivity index (χ0) is 16.2. The van der Waals surface area contributed by atoms with E-state index in [2.05, 4.69) is 15.0 Å². The summed E-state index contributed by atoms with van der Waals surface area (Å²) in [7, 11) is 0. The summed E-state index contributed by atoms with van der Waals surface area (Å²) in [6.45, 7) is 3.53. The number of nitrogens with zero attached hydrogens (tertiary/aromatic N) is 4. The van der Waals surface area contributed by atoms with Crippen LogP contribution < -0.4 is 5.73 Å². The van der Waals surface area contributed by atoms with Crippen molar-refractivity contribution < 1.29 is 9.59 Å². The molecule has 0 saturated carbocycles. The fourth-order valence-corrected chi connectivity index (χ4v) is 1.58. The first kappa shape index (κ1) is 17.2. The third-order valence-electron chi connectivity index (χ3n) is 2.71. The zero-order valence-electron chi connectivity index (χ0n) is 12.3. The Bertz CT molecular complexity index is 669. The Hall–Kier alpha value is -2.85. The highest BCUT2D eigenvalue weighted by atomic mass is 16.1. The summed E-state index contributed by atoms with van der Waals surface area (Å²) >= 11 is 0. The standard InChI is InChI=1S/C9H6N2O2.C6H11N3/c1-7-2-3-8(10-5-12)4-9(7)11-6-13;7-2-1-4-9-5-3-8-6-9/h2-4H,1H3;3,5-6H,1-2,4,7H2. The summed E-state index contributed by atoms with van der Waals surface area (Å²) in [6.07, 6.45) is 9.38. The fourth-order valence-electron chi connectivity index (χ4n) is 1.58. The number of imidazole rings is 1. The third kappa shape index (κ3) is 6.07. The summed E-state index contributed by atoms with van der Waals surface area (Å²) in [6, 6.07) is 4.88. The third-order valence-corrected chi connectivity index (χ3v) is 2.71. The quantitative estimate of drug-likeness (QED) is 0.675. The molecule has 0 aliphatic heterocycles. The molecule has 2 aromatic rings. The molecule has 0 unspecified atom stereocenters. The first-order valence-electron chi connectivity index (χ1n) is 6.63. The van der Waals surface area contributed by atoms with Gasteiger partial charge >= 0.3 is 0 Å². The average Bonchev–Trinajstić information content (AvgIpc) is 3.03. The van der Waals surface area contributed by atoms with Gasteiger partial charge in [-0.15, -0.1) is 0 Å². The molecule has 0 aliphatic carbocycles. The molecular weight excluding hydrogens is 282 g/mol. The molecule has 114 valence electrons. The van der Waals surface area contributed by atoms with Gasteiger partial charge in [-0.2, -0.15) is 9.98 Å². The van der Waals surface area contributed by atoms with Gasteiger partial charge in [0.1, 0.15) is 0 Å². The minimum absolute atomic E-state index is 0.426. The highest BCUT2D eigenvalue weighted by molar-refractivity contribution is 5.61. The van der Waals surface area contributed by atoms with Gasteiger partial charge in [-0.3, -0.25) is 0 Å². The molecule has 0 aliphatic rings. The van der Waals surface area contributed by atoms with Crippen LogP contribution in [-0.4, -0.2) is 28.3 Å². The highest BCUT2D eigenvalue weighted by Gasteiger charge is 1.97. The molecule has 7 heteroatoms. The van der Waals surface area contributed by atoms with Gasteiger partial charge < -0.3 is 10.3 Å². The van der Waals surface area contributed by atoms with E-state index < -0.39 is 0 Å². The van der Waals surface area contributed by atoms with E-state index in [-0.39, 0.29) is 0 Å². The van der Waals surface area contributed by atoms with E-state index in [4.69, 9.17) is 5.73 Å². The number of carbonyl (C=O) groups excluding carboxylic acids is 2. The van der Waals surface area contributed by atoms with Crippen molar-refractivity contribution in [2.24, 2.45) is 15.7 Å². The van der Waals surface area contributed by atoms with Crippen LogP contribution in [0.3, 0.4) is 0 Å². The number of isocyanates is 2. The van der Waals surface area contributed by atoms with Crippen molar-refractivity contribution in [3.63, 3.8) is 0 Å². The first-order valence-corrected chi connectivity index (χ1v) is 6.63. The summed E-state index contributed by atoms with van der Waals surface area (Å²) in [5.74, 6) is 0. The van der Waals surface area contributed by atoms with Crippen LogP contribution in [0.25, 0.3) is 0 Å². The van der Waals surface area contributed by atoms with E-state index in [1.54, 1.807) is 31.6 Å². The van der Waals surface area contributed by atoms with Crippen molar-refractivity contribution in [2.75, 3.05) is 6.54 Å². The average molecular weight is 299 g/mol. The number of nitrogens with two attached hydrogens (primary N) is 1. The molecule has 7 nitrogen and oxygen atoms in total. The molecule has 1 aromatic heterocycles. The maximum Gasteiger partial charge on any atom is 0.240 e. The Morgan fingerprint density at radius 2 is 2.05 bits per heavy atom. The maximum absolute atomic E-state index is 10.00. The lowest BCUT2D eigenvalue weighted by Crippen LogP contribution is -2.03. The summed E-state index contributed by atoms with van der Waals surface area (Å²) in [5.41, 5.74) is 7.03. The Morgan fingerprint density at radius 3 is 2.64 bits per heavy atom. The van der Waals surface area contributed by atoms with Crippen LogP contribution in [-0.2, 0) is 16.1 Å². The van der Waals surface area contributed by atoms with E-state index in [0.29, 0.717) is 11.4 Å². The van der Waals surface area contributed by atoms with E-state index in [1.807, 2.05) is 10.8 Å². The van der Waals surface area contributed by atoms with Crippen molar-refractivity contribution in [1.29, 1.82) is 0 Å². The summed E-state index contributed by atoms with van der Waals surface area (Å²) in [5, 5.41) is 0. The fraction of sp³-hybridized carbons (Fsp3) is 0.267. The Morgan fingerprint density at radius 1 is 1.27 bits per heavy atom. The molecule has 0 bridgehead atoms. The second-order valence-electron chi connectivity index (χ2n) is 4.32. The van der Waals surface area contributed by atoms with Crippen LogP contribution in [0.2, 0.25) is 0 Å². The molecular formula is C15H17N5O2. The smallest absolute Gasteiger partial charge is 0.240 e. The topological polar surface area (TPSA) is 103 Å². The Labute approximate surface area is 128 Å². The highest BCUT2D eigenvalue weighted by Crippen LogP contribution is 2.23. The summed E-state index contributed by atoms with van der Waals surface area (Å²) < 4.78 is 2.02. The van der Waals surface area contributed by atoms with Gasteiger partial charge in [0.05, 0.1) is 17.7 Å². The van der Waals surface area contributed by atoms with Gasteiger partial charge in [0.2, 0.25) is 12.2 Å².